The highest BCUT2D eigenvalue weighted by Gasteiger charge is 2.40. The van der Waals surface area contributed by atoms with Crippen LogP contribution < -0.4 is 5.32 Å². The van der Waals surface area contributed by atoms with Gasteiger partial charge in [0.2, 0.25) is 0 Å². The van der Waals surface area contributed by atoms with E-state index in [0.717, 1.165) is 25.1 Å². The molecule has 1 aliphatic heterocycles. The number of nitrogens with zero attached hydrogens (tertiary/aromatic N) is 3. The average molecular weight is 290 g/mol. The largest absolute Gasteiger partial charge is 0.307 e. The summed E-state index contributed by atoms with van der Waals surface area (Å²) in [5.41, 5.74) is 1.17. The Bertz CT molecular complexity index is 403. The lowest BCUT2D eigenvalue weighted by molar-refractivity contribution is 0.0410. The van der Waals surface area contributed by atoms with Gasteiger partial charge >= 0.3 is 0 Å². The molecule has 2 rings (SSSR count). The first-order chi connectivity index (χ1) is 10.2. The SMILES string of the molecule is CCCNC(c1cnccn1)C(C)(CC)N1CCCCC1. The van der Waals surface area contributed by atoms with E-state index >= 15 is 0 Å². The first-order valence-electron chi connectivity index (χ1n) is 8.46. The molecule has 1 fully saturated rings. The van der Waals surface area contributed by atoms with Crippen LogP contribution in [0.15, 0.2) is 18.6 Å². The van der Waals surface area contributed by atoms with Crippen LogP contribution in [0.3, 0.4) is 0 Å². The number of hydrogen-bond donors (Lipinski definition) is 1. The number of rotatable bonds is 7. The zero-order chi connectivity index (χ0) is 15.1. The zero-order valence-electron chi connectivity index (χ0n) is 13.8. The molecule has 2 atom stereocenters. The van der Waals surface area contributed by atoms with Gasteiger partial charge in [-0.05, 0) is 52.2 Å². The highest BCUT2D eigenvalue weighted by atomic mass is 15.2. The fourth-order valence-corrected chi connectivity index (χ4v) is 3.41. The van der Waals surface area contributed by atoms with Gasteiger partial charge in [-0.15, -0.1) is 0 Å². The van der Waals surface area contributed by atoms with E-state index in [-0.39, 0.29) is 11.6 Å². The molecule has 0 aliphatic carbocycles. The molecular weight excluding hydrogens is 260 g/mol. The summed E-state index contributed by atoms with van der Waals surface area (Å²) in [6.07, 6.45) is 11.7. The number of nitrogens with one attached hydrogen (secondary N) is 1. The minimum absolute atomic E-state index is 0.103. The van der Waals surface area contributed by atoms with Crippen LogP contribution in [0.25, 0.3) is 0 Å². The van der Waals surface area contributed by atoms with Crippen LogP contribution in [0.2, 0.25) is 0 Å². The van der Waals surface area contributed by atoms with Crippen molar-refractivity contribution < 1.29 is 0 Å². The molecular formula is C17H30N4. The van der Waals surface area contributed by atoms with E-state index in [1.165, 1.54) is 32.4 Å². The van der Waals surface area contributed by atoms with Crippen LogP contribution in [0.5, 0.6) is 0 Å². The van der Waals surface area contributed by atoms with Crippen molar-refractivity contribution in [3.8, 4) is 0 Å². The molecule has 4 nitrogen and oxygen atoms in total. The molecule has 118 valence electrons. The summed E-state index contributed by atoms with van der Waals surface area (Å²) < 4.78 is 0. The second kappa shape index (κ2) is 7.85. The van der Waals surface area contributed by atoms with Crippen LogP contribution in [0.4, 0.5) is 0 Å². The molecule has 0 bridgehead atoms. The van der Waals surface area contributed by atoms with Gasteiger partial charge in [0.15, 0.2) is 0 Å². The summed E-state index contributed by atoms with van der Waals surface area (Å²) in [6.45, 7) is 10.3. The van der Waals surface area contributed by atoms with Gasteiger partial charge in [0.25, 0.3) is 0 Å². The maximum absolute atomic E-state index is 4.59. The van der Waals surface area contributed by atoms with Gasteiger partial charge in [-0.25, -0.2) is 0 Å². The minimum atomic E-state index is 0.103. The van der Waals surface area contributed by atoms with Crippen molar-refractivity contribution in [1.29, 1.82) is 0 Å². The predicted octanol–water partition coefficient (Wildman–Crippen LogP) is 3.17. The number of aromatic nitrogens is 2. The summed E-state index contributed by atoms with van der Waals surface area (Å²) in [7, 11) is 0. The fourth-order valence-electron chi connectivity index (χ4n) is 3.41. The maximum atomic E-state index is 4.59. The highest BCUT2D eigenvalue weighted by Crippen LogP contribution is 2.35. The first kappa shape index (κ1) is 16.4. The van der Waals surface area contributed by atoms with Crippen molar-refractivity contribution in [3.63, 3.8) is 0 Å². The summed E-state index contributed by atoms with van der Waals surface area (Å²) in [6, 6.07) is 0.245. The Balaban J connectivity index is 2.26. The number of piperidine rings is 1. The standard InChI is InChI=1S/C17H30N4/c1-4-9-20-16(15-14-18-10-11-19-15)17(3,5-2)21-12-7-6-8-13-21/h10-11,14,16,20H,4-9,12-13H2,1-3H3. The molecule has 1 N–H and O–H groups in total. The number of hydrogen-bond acceptors (Lipinski definition) is 4. The van der Waals surface area contributed by atoms with Gasteiger partial charge in [-0.2, -0.15) is 0 Å². The van der Waals surface area contributed by atoms with Gasteiger partial charge < -0.3 is 5.32 Å². The van der Waals surface area contributed by atoms with Gasteiger partial charge in [0.05, 0.1) is 17.9 Å². The van der Waals surface area contributed by atoms with Gasteiger partial charge in [-0.1, -0.05) is 20.3 Å². The molecule has 21 heavy (non-hydrogen) atoms. The van der Waals surface area contributed by atoms with Gasteiger partial charge in [0, 0.05) is 17.9 Å². The topological polar surface area (TPSA) is 41.1 Å². The monoisotopic (exact) mass is 290 g/mol. The zero-order valence-corrected chi connectivity index (χ0v) is 13.8. The van der Waals surface area contributed by atoms with E-state index in [2.05, 4.69) is 41.0 Å². The molecule has 1 saturated heterocycles. The van der Waals surface area contributed by atoms with Crippen molar-refractivity contribution in [2.75, 3.05) is 19.6 Å². The third kappa shape index (κ3) is 3.80. The third-order valence-electron chi connectivity index (χ3n) is 4.89. The minimum Gasteiger partial charge on any atom is -0.307 e. The molecule has 2 heterocycles. The fraction of sp³-hybridized carbons (Fsp3) is 0.765. The van der Waals surface area contributed by atoms with Crippen molar-refractivity contribution in [2.24, 2.45) is 0 Å². The third-order valence-corrected chi connectivity index (χ3v) is 4.89. The molecule has 4 heteroatoms. The normalized spacial score (nSPS) is 20.9. The average Bonchev–Trinajstić information content (AvgIpc) is 2.56. The number of likely N-dealkylation sites (tertiary alicyclic amines) is 1. The summed E-state index contributed by atoms with van der Waals surface area (Å²) >= 11 is 0. The lowest BCUT2D eigenvalue weighted by Crippen LogP contribution is -2.56. The van der Waals surface area contributed by atoms with Crippen LogP contribution in [0.1, 0.15) is 64.6 Å². The summed E-state index contributed by atoms with van der Waals surface area (Å²) in [5, 5.41) is 3.73. The first-order valence-corrected chi connectivity index (χ1v) is 8.46. The van der Waals surface area contributed by atoms with Crippen LogP contribution in [-0.4, -0.2) is 40.0 Å². The quantitative estimate of drug-likeness (QED) is 0.837. The van der Waals surface area contributed by atoms with E-state index in [4.69, 9.17) is 0 Å². The molecule has 0 amide bonds. The lowest BCUT2D eigenvalue weighted by Gasteiger charge is -2.48. The van der Waals surface area contributed by atoms with E-state index in [9.17, 15) is 0 Å². The van der Waals surface area contributed by atoms with Gasteiger partial charge in [0.1, 0.15) is 0 Å². The van der Waals surface area contributed by atoms with E-state index in [1.807, 2.05) is 12.4 Å². The Morgan fingerprint density at radius 1 is 1.24 bits per heavy atom. The van der Waals surface area contributed by atoms with Crippen LogP contribution in [-0.2, 0) is 0 Å². The Hall–Kier alpha value is -1.00. The highest BCUT2D eigenvalue weighted by molar-refractivity contribution is 5.12. The second-order valence-corrected chi connectivity index (χ2v) is 6.28. The van der Waals surface area contributed by atoms with Crippen LogP contribution in [0, 0.1) is 0 Å². The van der Waals surface area contributed by atoms with E-state index < -0.39 is 0 Å². The Morgan fingerprint density at radius 3 is 2.57 bits per heavy atom. The molecule has 0 radical (unpaired) electrons. The van der Waals surface area contributed by atoms with Crippen LogP contribution >= 0.6 is 0 Å². The smallest absolute Gasteiger partial charge is 0.0774 e. The lowest BCUT2D eigenvalue weighted by atomic mass is 9.83. The molecule has 1 aromatic rings. The van der Waals surface area contributed by atoms with Gasteiger partial charge in [-0.3, -0.25) is 14.9 Å². The molecule has 0 aromatic carbocycles. The molecule has 0 saturated carbocycles. The van der Waals surface area contributed by atoms with Crippen molar-refractivity contribution >= 4 is 0 Å². The Labute approximate surface area is 129 Å². The summed E-state index contributed by atoms with van der Waals surface area (Å²) in [5.74, 6) is 0. The van der Waals surface area contributed by atoms with Crippen molar-refractivity contribution in [1.82, 2.24) is 20.2 Å². The molecule has 2 unspecified atom stereocenters. The predicted molar refractivity (Wildman–Crippen MR) is 87.2 cm³/mol. The van der Waals surface area contributed by atoms with E-state index in [1.54, 1.807) is 6.20 Å². The molecule has 1 aliphatic rings. The summed E-state index contributed by atoms with van der Waals surface area (Å²) in [4.78, 5) is 11.5. The molecule has 0 spiro atoms. The maximum Gasteiger partial charge on any atom is 0.0774 e. The second-order valence-electron chi connectivity index (χ2n) is 6.28. The van der Waals surface area contributed by atoms with Crippen molar-refractivity contribution in [2.45, 2.75) is 64.5 Å². The Kier molecular flexibility index (Phi) is 6.12. The Morgan fingerprint density at radius 2 is 2.00 bits per heavy atom. The van der Waals surface area contributed by atoms with Crippen molar-refractivity contribution in [3.05, 3.63) is 24.3 Å². The van der Waals surface area contributed by atoms with E-state index in [0.29, 0.717) is 0 Å². The molecule has 1 aromatic heterocycles.